The number of rotatable bonds is 6. The minimum Gasteiger partial charge on any atom is -0.481 e. The maximum atomic E-state index is 14.1. The lowest BCUT2D eigenvalue weighted by molar-refractivity contribution is -0.191. The SMILES string of the molecule is CC(CC(=O)C[C@@H](C)[C@H]1CC(=O)[C@@]2(C)C3C(=O)CC4C(C)(C)C(=O)CC[C@]4(C)C3C(=O)C[C@]12C)C(=O)O. The van der Waals surface area contributed by atoms with Crippen molar-refractivity contribution in [2.75, 3.05) is 0 Å². The van der Waals surface area contributed by atoms with Crippen LogP contribution in [0.5, 0.6) is 0 Å². The first kappa shape index (κ1) is 27.8. The van der Waals surface area contributed by atoms with Gasteiger partial charge in [0.25, 0.3) is 0 Å². The predicted octanol–water partition coefficient (Wildman–Crippen LogP) is 4.48. The molecule has 0 heterocycles. The fraction of sp³-hybridized carbons (Fsp3) is 0.800. The largest absolute Gasteiger partial charge is 0.481 e. The molecule has 1 N–H and O–H groups in total. The lowest BCUT2D eigenvalue weighted by Gasteiger charge is -2.64. The van der Waals surface area contributed by atoms with Crippen LogP contribution >= 0.6 is 0 Å². The van der Waals surface area contributed by atoms with Gasteiger partial charge in [-0.1, -0.05) is 48.5 Å². The van der Waals surface area contributed by atoms with Crippen LogP contribution in [0, 0.1) is 57.2 Å². The minimum absolute atomic E-state index is 0.00778. The van der Waals surface area contributed by atoms with Crippen LogP contribution in [-0.2, 0) is 28.8 Å². The number of hydrogen-bond acceptors (Lipinski definition) is 6. The molecule has 7 heteroatoms. The first-order valence-corrected chi connectivity index (χ1v) is 13.8. The Morgan fingerprint density at radius 3 is 2.11 bits per heavy atom. The van der Waals surface area contributed by atoms with Gasteiger partial charge in [-0.25, -0.2) is 0 Å². The average Bonchev–Trinajstić information content (AvgIpc) is 2.99. The second-order valence-electron chi connectivity index (χ2n) is 14.0. The molecule has 37 heavy (non-hydrogen) atoms. The molecule has 0 aromatic carbocycles. The maximum absolute atomic E-state index is 14.1. The van der Waals surface area contributed by atoms with Crippen molar-refractivity contribution in [3.05, 3.63) is 0 Å². The third-order valence-electron chi connectivity index (χ3n) is 11.8. The van der Waals surface area contributed by atoms with E-state index in [1.54, 1.807) is 0 Å². The number of hydrogen-bond donors (Lipinski definition) is 1. The number of aliphatic carboxylic acids is 1. The molecule has 4 unspecified atom stereocenters. The summed E-state index contributed by atoms with van der Waals surface area (Å²) in [6.45, 7) is 13.1. The van der Waals surface area contributed by atoms with Gasteiger partial charge in [0, 0.05) is 61.2 Å². The van der Waals surface area contributed by atoms with Gasteiger partial charge in [-0.05, 0) is 35.0 Å². The Balaban J connectivity index is 1.69. The summed E-state index contributed by atoms with van der Waals surface area (Å²) >= 11 is 0. The van der Waals surface area contributed by atoms with Crippen molar-refractivity contribution in [1.29, 1.82) is 0 Å². The van der Waals surface area contributed by atoms with Gasteiger partial charge in [-0.2, -0.15) is 0 Å². The summed E-state index contributed by atoms with van der Waals surface area (Å²) in [5, 5.41) is 9.17. The molecule has 0 radical (unpaired) electrons. The second kappa shape index (κ2) is 8.67. The molecule has 7 nitrogen and oxygen atoms in total. The van der Waals surface area contributed by atoms with E-state index in [0.717, 1.165) is 0 Å². The first-order chi connectivity index (χ1) is 16.9. The molecule has 4 aliphatic carbocycles. The lowest BCUT2D eigenvalue weighted by atomic mass is 9.37. The molecule has 4 saturated carbocycles. The molecule has 0 aromatic heterocycles. The number of carbonyl (C=O) groups excluding carboxylic acids is 5. The van der Waals surface area contributed by atoms with Crippen LogP contribution in [0.4, 0.5) is 0 Å². The zero-order valence-corrected chi connectivity index (χ0v) is 23.3. The zero-order valence-electron chi connectivity index (χ0n) is 23.3. The fourth-order valence-electron chi connectivity index (χ4n) is 9.36. The van der Waals surface area contributed by atoms with Crippen molar-refractivity contribution in [2.45, 2.75) is 93.4 Å². The van der Waals surface area contributed by atoms with Crippen molar-refractivity contribution >= 4 is 34.9 Å². The molecule has 0 spiro atoms. The Bertz CT molecular complexity index is 1090. The number of carbonyl (C=O) groups is 6. The lowest BCUT2D eigenvalue weighted by Crippen LogP contribution is -2.67. The smallest absolute Gasteiger partial charge is 0.306 e. The van der Waals surface area contributed by atoms with Gasteiger partial charge in [0.2, 0.25) is 0 Å². The molecule has 0 saturated heterocycles. The minimum atomic E-state index is -1.02. The van der Waals surface area contributed by atoms with Gasteiger partial charge >= 0.3 is 5.97 Å². The van der Waals surface area contributed by atoms with Crippen molar-refractivity contribution in [2.24, 2.45) is 57.2 Å². The molecule has 0 amide bonds. The van der Waals surface area contributed by atoms with E-state index in [9.17, 15) is 28.8 Å². The van der Waals surface area contributed by atoms with Crippen molar-refractivity contribution in [3.8, 4) is 0 Å². The van der Waals surface area contributed by atoms with E-state index in [0.29, 0.717) is 12.8 Å². The van der Waals surface area contributed by atoms with E-state index < -0.39 is 45.4 Å². The molecular weight excluding hydrogens is 472 g/mol. The average molecular weight is 515 g/mol. The van der Waals surface area contributed by atoms with Crippen LogP contribution in [0.1, 0.15) is 93.4 Å². The van der Waals surface area contributed by atoms with Crippen LogP contribution in [0.15, 0.2) is 0 Å². The summed E-state index contributed by atoms with van der Waals surface area (Å²) in [7, 11) is 0. The van der Waals surface area contributed by atoms with E-state index in [1.165, 1.54) is 6.92 Å². The van der Waals surface area contributed by atoms with E-state index >= 15 is 0 Å². The normalized spacial score (nSPS) is 42.5. The topological polar surface area (TPSA) is 123 Å². The van der Waals surface area contributed by atoms with E-state index in [1.807, 2.05) is 34.6 Å². The third kappa shape index (κ3) is 3.73. The number of carboxylic acids is 1. The molecule has 4 fully saturated rings. The van der Waals surface area contributed by atoms with E-state index in [2.05, 4.69) is 6.92 Å². The number of carboxylic acid groups (broad SMARTS) is 1. The zero-order chi connectivity index (χ0) is 27.9. The summed E-state index contributed by atoms with van der Waals surface area (Å²) in [5.74, 6) is -3.90. The number of ketones is 5. The monoisotopic (exact) mass is 514 g/mol. The maximum Gasteiger partial charge on any atom is 0.306 e. The van der Waals surface area contributed by atoms with E-state index in [4.69, 9.17) is 5.11 Å². The number of Topliss-reactive ketones (excluding diaryl/α,β-unsaturated/α-hetero) is 5. The molecule has 0 aromatic rings. The molecule has 0 bridgehead atoms. The van der Waals surface area contributed by atoms with Crippen molar-refractivity contribution in [1.82, 2.24) is 0 Å². The highest BCUT2D eigenvalue weighted by Gasteiger charge is 2.74. The Morgan fingerprint density at radius 2 is 1.51 bits per heavy atom. The highest BCUT2D eigenvalue weighted by molar-refractivity contribution is 6.03. The van der Waals surface area contributed by atoms with Crippen LogP contribution in [0.25, 0.3) is 0 Å². The Morgan fingerprint density at radius 1 is 0.892 bits per heavy atom. The molecular formula is C30H42O7. The summed E-state index contributed by atoms with van der Waals surface area (Å²) in [6, 6.07) is 0. The van der Waals surface area contributed by atoms with Crippen LogP contribution in [0.3, 0.4) is 0 Å². The summed E-state index contributed by atoms with van der Waals surface area (Å²) < 4.78 is 0. The summed E-state index contributed by atoms with van der Waals surface area (Å²) in [4.78, 5) is 78.5. The fourth-order valence-corrected chi connectivity index (χ4v) is 9.36. The van der Waals surface area contributed by atoms with Crippen molar-refractivity contribution in [3.63, 3.8) is 0 Å². The number of fused-ring (bicyclic) bond motifs is 5. The molecule has 204 valence electrons. The van der Waals surface area contributed by atoms with E-state index in [-0.39, 0.29) is 78.8 Å². The second-order valence-corrected chi connectivity index (χ2v) is 14.0. The molecule has 0 aliphatic heterocycles. The van der Waals surface area contributed by atoms with Gasteiger partial charge in [0.05, 0.1) is 5.92 Å². The highest BCUT2D eigenvalue weighted by Crippen LogP contribution is 2.71. The molecule has 4 aliphatic rings. The summed E-state index contributed by atoms with van der Waals surface area (Å²) in [6.07, 6.45) is 1.60. The van der Waals surface area contributed by atoms with Gasteiger partial charge in [0.1, 0.15) is 28.9 Å². The van der Waals surface area contributed by atoms with Gasteiger partial charge < -0.3 is 5.11 Å². The standard InChI is InChI=1S/C30H42O7/c1-15(10-17(31)11-16(2)26(36)37)18-12-23(35)30(7)25-19(32)13-21-27(3,4)22(34)8-9-28(21,5)24(25)20(33)14-29(18,30)6/h15-16,18,21,24-25H,8-14H2,1-7H3,(H,36,37)/t15-,16?,18-,21?,24?,25?,28+,29-,30+/m1/s1. The Kier molecular flexibility index (Phi) is 6.52. The van der Waals surface area contributed by atoms with Crippen LogP contribution in [-0.4, -0.2) is 40.0 Å². The summed E-state index contributed by atoms with van der Waals surface area (Å²) in [5.41, 5.74) is -3.00. The Hall–Kier alpha value is -2.18. The first-order valence-electron chi connectivity index (χ1n) is 13.8. The molecule has 9 atom stereocenters. The Labute approximate surface area is 219 Å². The van der Waals surface area contributed by atoms with Gasteiger partial charge in [0.15, 0.2) is 0 Å². The molecule has 4 rings (SSSR count). The van der Waals surface area contributed by atoms with Crippen LogP contribution in [0.2, 0.25) is 0 Å². The third-order valence-corrected chi connectivity index (χ3v) is 11.8. The van der Waals surface area contributed by atoms with Gasteiger partial charge in [-0.15, -0.1) is 0 Å². The van der Waals surface area contributed by atoms with Crippen LogP contribution < -0.4 is 0 Å². The highest BCUT2D eigenvalue weighted by atomic mass is 16.4. The quantitative estimate of drug-likeness (QED) is 0.554. The van der Waals surface area contributed by atoms with Gasteiger partial charge in [-0.3, -0.25) is 28.8 Å². The van der Waals surface area contributed by atoms with Crippen molar-refractivity contribution < 1.29 is 33.9 Å². The predicted molar refractivity (Wildman–Crippen MR) is 135 cm³/mol.